The fraction of sp³-hybridized carbons (Fsp3) is 0. The maximum absolute atomic E-state index is 5.21. The number of rotatable bonds is 4. The monoisotopic (exact) mass is 688 g/mol. The first kappa shape index (κ1) is 28.2. The molecule has 10 aromatic rings. The summed E-state index contributed by atoms with van der Waals surface area (Å²) in [5.41, 5.74) is 7.31. The number of fused-ring (bicyclic) bond motifs is 10. The number of hydrogen-bond donors (Lipinski definition) is 0. The van der Waals surface area contributed by atoms with E-state index >= 15 is 0 Å². The molecule has 0 atom stereocenters. The minimum absolute atomic E-state index is 0.307. The van der Waals surface area contributed by atoms with Crippen LogP contribution >= 0.6 is 0 Å². The van der Waals surface area contributed by atoms with Gasteiger partial charge < -0.3 is 0 Å². The molecule has 228 valence electrons. The molecule has 0 saturated heterocycles. The van der Waals surface area contributed by atoms with Gasteiger partial charge in [0.15, 0.2) is 0 Å². The van der Waals surface area contributed by atoms with E-state index in [0.717, 1.165) is 33.9 Å². The third-order valence-corrected chi connectivity index (χ3v) is 12.0. The molecule has 0 aliphatic carbocycles. The second-order valence-corrected chi connectivity index (χ2v) is 14.8. The molecule has 8 aromatic carbocycles. The summed E-state index contributed by atoms with van der Waals surface area (Å²) in [5, 5.41) is 10.5. The van der Waals surface area contributed by atoms with Crippen molar-refractivity contribution in [1.29, 1.82) is 0 Å². The second-order valence-electron chi connectivity index (χ2n) is 12.5. The van der Waals surface area contributed by atoms with E-state index in [1.807, 2.05) is 18.2 Å². The summed E-state index contributed by atoms with van der Waals surface area (Å²) in [5.74, 6) is 0.721. The molecule has 0 fully saturated rings. The van der Waals surface area contributed by atoms with E-state index in [-0.39, 0.29) is 0 Å². The van der Waals surface area contributed by atoms with Gasteiger partial charge in [0.25, 0.3) is 0 Å². The zero-order valence-corrected chi connectivity index (χ0v) is 28.2. The van der Waals surface area contributed by atoms with Gasteiger partial charge in [-0.2, -0.15) is 0 Å². The molecule has 49 heavy (non-hydrogen) atoms. The predicted molar refractivity (Wildman–Crippen MR) is 208 cm³/mol. The molecule has 2 nitrogen and oxygen atoms in total. The fourth-order valence-electron chi connectivity index (χ4n) is 7.37. The molecule has 0 radical (unpaired) electrons. The Hall–Kier alpha value is -5.86. The minimum atomic E-state index is 0.307. The van der Waals surface area contributed by atoms with Gasteiger partial charge in [-0.25, -0.2) is 0 Å². The first-order chi connectivity index (χ1) is 24.3. The van der Waals surface area contributed by atoms with Crippen LogP contribution in [-0.4, -0.2) is 24.5 Å². The Bertz CT molecular complexity index is 2870. The van der Waals surface area contributed by atoms with Crippen LogP contribution in [0, 0.1) is 0 Å². The molecule has 3 heteroatoms. The number of benzene rings is 8. The van der Waals surface area contributed by atoms with E-state index in [9.17, 15) is 0 Å². The summed E-state index contributed by atoms with van der Waals surface area (Å²) < 4.78 is 2.93. The van der Waals surface area contributed by atoms with Crippen LogP contribution in [0.15, 0.2) is 170 Å². The molecule has 0 aliphatic heterocycles. The zero-order chi connectivity index (χ0) is 32.3. The zero-order valence-electron chi connectivity index (χ0n) is 26.5. The van der Waals surface area contributed by atoms with Gasteiger partial charge in [0.1, 0.15) is 0 Å². The molecule has 0 saturated carbocycles. The molecule has 0 N–H and O–H groups in total. The van der Waals surface area contributed by atoms with Crippen molar-refractivity contribution >= 4 is 66.1 Å². The Morgan fingerprint density at radius 2 is 0.878 bits per heavy atom. The van der Waals surface area contributed by atoms with Crippen molar-refractivity contribution in [2.24, 2.45) is 0 Å². The van der Waals surface area contributed by atoms with Crippen molar-refractivity contribution in [2.75, 3.05) is 0 Å². The molecule has 2 aromatic heterocycles. The van der Waals surface area contributed by atoms with Crippen molar-refractivity contribution in [3.63, 3.8) is 0 Å². The molecule has 0 unspecified atom stereocenters. The van der Waals surface area contributed by atoms with Crippen LogP contribution in [0.3, 0.4) is 0 Å². The first-order valence-electron chi connectivity index (χ1n) is 16.6. The van der Waals surface area contributed by atoms with E-state index in [1.165, 1.54) is 62.7 Å². The van der Waals surface area contributed by atoms with Crippen LogP contribution in [0.5, 0.6) is 0 Å². The van der Waals surface area contributed by atoms with E-state index in [4.69, 9.17) is 9.97 Å². The molecule has 0 amide bonds. The summed E-state index contributed by atoms with van der Waals surface area (Å²) >= 11 is 0.307. The van der Waals surface area contributed by atoms with Crippen LogP contribution in [0.4, 0.5) is 0 Å². The Labute approximate surface area is 289 Å². The molecule has 0 spiro atoms. The maximum atomic E-state index is 5.21. The van der Waals surface area contributed by atoms with Gasteiger partial charge in [-0.3, -0.25) is 0 Å². The third-order valence-electron chi connectivity index (χ3n) is 9.66. The van der Waals surface area contributed by atoms with Crippen molar-refractivity contribution in [3.8, 4) is 45.0 Å². The van der Waals surface area contributed by atoms with E-state index < -0.39 is 0 Å². The van der Waals surface area contributed by atoms with Crippen molar-refractivity contribution in [3.05, 3.63) is 170 Å². The first-order valence-corrected chi connectivity index (χ1v) is 18.3. The Morgan fingerprint density at radius 3 is 1.65 bits per heavy atom. The van der Waals surface area contributed by atoms with Crippen LogP contribution in [-0.2, 0) is 0 Å². The quantitative estimate of drug-likeness (QED) is 0.136. The topological polar surface area (TPSA) is 25.8 Å². The molecule has 2 heterocycles. The molecule has 10 rings (SSSR count). The average molecular weight is 688 g/mol. The Morgan fingerprint density at radius 1 is 0.306 bits per heavy atom. The predicted octanol–water partition coefficient (Wildman–Crippen LogP) is 12.0. The van der Waals surface area contributed by atoms with E-state index in [1.54, 1.807) is 0 Å². The van der Waals surface area contributed by atoms with Crippen molar-refractivity contribution in [1.82, 2.24) is 9.97 Å². The summed E-state index contributed by atoms with van der Waals surface area (Å²) in [4.78, 5) is 10.3. The van der Waals surface area contributed by atoms with E-state index in [0.29, 0.717) is 14.5 Å². The van der Waals surface area contributed by atoms with Crippen LogP contribution < -0.4 is 0 Å². The SMILES string of the molecule is c1ccc(-c2cccc(-c3cc(-c4ccc5c(c4)c4ccccc4c4ccc6[se]c7ccccc7c6c45)nc(-c4ccccc4)n3)c2)cc1. The van der Waals surface area contributed by atoms with Gasteiger partial charge in [-0.15, -0.1) is 0 Å². The Kier molecular flexibility index (Phi) is 6.55. The fourth-order valence-corrected chi connectivity index (χ4v) is 9.70. The summed E-state index contributed by atoms with van der Waals surface area (Å²) in [6.45, 7) is 0. The van der Waals surface area contributed by atoms with Crippen molar-refractivity contribution in [2.45, 2.75) is 0 Å². The summed E-state index contributed by atoms with van der Waals surface area (Å²) in [6.07, 6.45) is 0. The van der Waals surface area contributed by atoms with Crippen molar-refractivity contribution < 1.29 is 0 Å². The molecular weight excluding hydrogens is 659 g/mol. The number of nitrogens with zero attached hydrogens (tertiary/aromatic N) is 2. The third kappa shape index (κ3) is 4.70. The minimum Gasteiger partial charge on any atom is -0.0617 e. The van der Waals surface area contributed by atoms with Gasteiger partial charge in [-0.1, -0.05) is 60.7 Å². The van der Waals surface area contributed by atoms with Crippen LogP contribution in [0.1, 0.15) is 0 Å². The second kappa shape index (κ2) is 11.4. The van der Waals surface area contributed by atoms with Gasteiger partial charge >= 0.3 is 219 Å². The summed E-state index contributed by atoms with van der Waals surface area (Å²) in [6, 6.07) is 61.1. The van der Waals surface area contributed by atoms with Crippen LogP contribution in [0.2, 0.25) is 0 Å². The summed E-state index contributed by atoms with van der Waals surface area (Å²) in [7, 11) is 0. The average Bonchev–Trinajstić information content (AvgIpc) is 3.57. The number of hydrogen-bond acceptors (Lipinski definition) is 2. The standard InChI is InChI=1S/C46H28N2Se/c1-3-12-29(13-4-1)31-16-11-17-32(26-31)40-28-41(48-46(47-40)30-14-5-2-6-15-30)33-22-23-37-39(27-33)35-19-8-7-18-34(35)36-24-25-43-45(44(36)37)38-20-9-10-21-42(38)49-43/h1-28H. The molecule has 0 aliphatic rings. The molecular formula is C46H28N2Se. The Balaban J connectivity index is 1.23. The van der Waals surface area contributed by atoms with Gasteiger partial charge in [0, 0.05) is 0 Å². The van der Waals surface area contributed by atoms with Gasteiger partial charge in [0.2, 0.25) is 0 Å². The normalized spacial score (nSPS) is 11.7. The van der Waals surface area contributed by atoms with Gasteiger partial charge in [-0.05, 0) is 11.1 Å². The van der Waals surface area contributed by atoms with Gasteiger partial charge in [0.05, 0.1) is 0 Å². The van der Waals surface area contributed by atoms with E-state index in [2.05, 4.69) is 152 Å². The smallest absolute Gasteiger partial charge is 0.0617 e. The van der Waals surface area contributed by atoms with Crippen LogP contribution in [0.25, 0.3) is 96.6 Å². The number of aromatic nitrogens is 2. The molecule has 0 bridgehead atoms.